The maximum Gasteiger partial charge on any atom is 0.128 e. The zero-order chi connectivity index (χ0) is 9.30. The molecule has 0 radical (unpaired) electrons. The van der Waals surface area contributed by atoms with Gasteiger partial charge in [-0.15, -0.1) is 0 Å². The predicted octanol–water partition coefficient (Wildman–Crippen LogP) is 2.81. The summed E-state index contributed by atoms with van der Waals surface area (Å²) in [4.78, 5) is 0. The second-order valence-corrected chi connectivity index (χ2v) is 3.32. The van der Waals surface area contributed by atoms with Crippen molar-refractivity contribution in [3.63, 3.8) is 0 Å². The molecule has 0 aliphatic heterocycles. The van der Waals surface area contributed by atoms with Crippen molar-refractivity contribution in [2.45, 2.75) is 19.9 Å². The van der Waals surface area contributed by atoms with E-state index in [0.717, 1.165) is 5.56 Å². The number of rotatable bonds is 1. The van der Waals surface area contributed by atoms with Crippen molar-refractivity contribution in [2.24, 2.45) is 5.73 Å². The fraction of sp³-hybridized carbons (Fsp3) is 0.333. The lowest BCUT2D eigenvalue weighted by Gasteiger charge is -2.08. The van der Waals surface area contributed by atoms with Crippen LogP contribution < -0.4 is 5.73 Å². The van der Waals surface area contributed by atoms with Crippen LogP contribution in [-0.4, -0.2) is 0 Å². The van der Waals surface area contributed by atoms with Gasteiger partial charge >= 0.3 is 0 Å². The topological polar surface area (TPSA) is 26.0 Å². The van der Waals surface area contributed by atoms with Crippen molar-refractivity contribution in [1.29, 1.82) is 0 Å². The normalized spacial score (nSPS) is 13.1. The summed E-state index contributed by atoms with van der Waals surface area (Å²) in [5.74, 6) is -0.285. The van der Waals surface area contributed by atoms with E-state index in [2.05, 4.69) is 0 Å². The van der Waals surface area contributed by atoms with Gasteiger partial charge in [0.1, 0.15) is 5.82 Å². The van der Waals surface area contributed by atoms with E-state index in [-0.39, 0.29) is 11.9 Å². The van der Waals surface area contributed by atoms with Crippen LogP contribution in [0.1, 0.15) is 24.1 Å². The monoisotopic (exact) mass is 187 g/mol. The van der Waals surface area contributed by atoms with E-state index in [1.165, 1.54) is 6.07 Å². The van der Waals surface area contributed by atoms with Crippen LogP contribution in [0.2, 0.25) is 5.02 Å². The molecule has 1 aromatic carbocycles. The maximum absolute atomic E-state index is 13.1. The summed E-state index contributed by atoms with van der Waals surface area (Å²) in [7, 11) is 0. The van der Waals surface area contributed by atoms with Crippen molar-refractivity contribution in [3.05, 3.63) is 34.1 Å². The van der Waals surface area contributed by atoms with Gasteiger partial charge in [-0.2, -0.15) is 0 Å². The zero-order valence-corrected chi connectivity index (χ0v) is 7.82. The van der Waals surface area contributed by atoms with Crippen LogP contribution in [0.3, 0.4) is 0 Å². The fourth-order valence-corrected chi connectivity index (χ4v) is 1.18. The lowest BCUT2D eigenvalue weighted by molar-refractivity contribution is 0.592. The SMILES string of the molecule is Cc1cc(F)c(C(C)N)cc1Cl. The molecule has 3 heteroatoms. The standard InChI is InChI=1S/C9H11ClFN/c1-5-3-9(11)7(6(2)12)4-8(5)10/h3-4,6H,12H2,1-2H3. The summed E-state index contributed by atoms with van der Waals surface area (Å²) >= 11 is 5.81. The highest BCUT2D eigenvalue weighted by Gasteiger charge is 2.08. The van der Waals surface area contributed by atoms with Crippen LogP contribution in [0.5, 0.6) is 0 Å². The highest BCUT2D eigenvalue weighted by Crippen LogP contribution is 2.23. The molecule has 0 heterocycles. The summed E-state index contributed by atoms with van der Waals surface area (Å²) in [6.45, 7) is 3.49. The minimum Gasteiger partial charge on any atom is -0.324 e. The lowest BCUT2D eigenvalue weighted by atomic mass is 10.1. The van der Waals surface area contributed by atoms with Crippen LogP contribution >= 0.6 is 11.6 Å². The van der Waals surface area contributed by atoms with Gasteiger partial charge in [-0.3, -0.25) is 0 Å². The van der Waals surface area contributed by atoms with Gasteiger partial charge in [0.2, 0.25) is 0 Å². The molecule has 0 amide bonds. The number of benzene rings is 1. The molecule has 0 aromatic heterocycles. The first-order chi connectivity index (χ1) is 5.52. The predicted molar refractivity (Wildman–Crippen MR) is 48.7 cm³/mol. The Hall–Kier alpha value is -0.600. The van der Waals surface area contributed by atoms with Crippen LogP contribution in [0.15, 0.2) is 12.1 Å². The van der Waals surface area contributed by atoms with Crippen molar-refractivity contribution < 1.29 is 4.39 Å². The van der Waals surface area contributed by atoms with Gasteiger partial charge in [-0.05, 0) is 31.5 Å². The third-order valence-corrected chi connectivity index (χ3v) is 2.18. The van der Waals surface area contributed by atoms with E-state index >= 15 is 0 Å². The first kappa shape index (κ1) is 9.49. The van der Waals surface area contributed by atoms with Gasteiger partial charge < -0.3 is 5.73 Å². The molecule has 1 unspecified atom stereocenters. The number of aryl methyl sites for hydroxylation is 1. The highest BCUT2D eigenvalue weighted by atomic mass is 35.5. The molecule has 1 aromatic rings. The van der Waals surface area contributed by atoms with Gasteiger partial charge in [0.15, 0.2) is 0 Å². The number of halogens is 2. The summed E-state index contributed by atoms with van der Waals surface area (Å²) < 4.78 is 13.1. The Kier molecular flexibility index (Phi) is 2.70. The summed E-state index contributed by atoms with van der Waals surface area (Å²) in [6.07, 6.45) is 0. The average Bonchev–Trinajstić information content (AvgIpc) is 1.96. The van der Waals surface area contributed by atoms with Crippen molar-refractivity contribution in [3.8, 4) is 0 Å². The largest absolute Gasteiger partial charge is 0.324 e. The molecule has 0 saturated heterocycles. The van der Waals surface area contributed by atoms with Crippen molar-refractivity contribution >= 4 is 11.6 Å². The molecular formula is C9H11ClFN. The molecule has 0 saturated carbocycles. The lowest BCUT2D eigenvalue weighted by Crippen LogP contribution is -2.07. The molecule has 12 heavy (non-hydrogen) atoms. The van der Waals surface area contributed by atoms with Gasteiger partial charge in [0, 0.05) is 16.6 Å². The molecule has 0 spiro atoms. The minimum atomic E-state index is -0.317. The molecule has 1 atom stereocenters. The third-order valence-electron chi connectivity index (χ3n) is 1.77. The minimum absolute atomic E-state index is 0.285. The Morgan fingerprint density at radius 2 is 2.08 bits per heavy atom. The van der Waals surface area contributed by atoms with Crippen LogP contribution in [0.4, 0.5) is 4.39 Å². The highest BCUT2D eigenvalue weighted by molar-refractivity contribution is 6.31. The Balaban J connectivity index is 3.23. The zero-order valence-electron chi connectivity index (χ0n) is 7.07. The molecule has 0 aliphatic rings. The fourth-order valence-electron chi connectivity index (χ4n) is 1.01. The van der Waals surface area contributed by atoms with Gasteiger partial charge in [-0.25, -0.2) is 4.39 Å². The molecule has 2 N–H and O–H groups in total. The number of hydrogen-bond acceptors (Lipinski definition) is 1. The summed E-state index contributed by atoms with van der Waals surface area (Å²) in [6, 6.07) is 2.67. The second-order valence-electron chi connectivity index (χ2n) is 2.91. The molecule has 0 bridgehead atoms. The Labute approximate surface area is 76.3 Å². The Morgan fingerprint density at radius 3 is 2.58 bits per heavy atom. The smallest absolute Gasteiger partial charge is 0.128 e. The quantitative estimate of drug-likeness (QED) is 0.719. The number of nitrogens with two attached hydrogens (primary N) is 1. The van der Waals surface area contributed by atoms with E-state index in [9.17, 15) is 4.39 Å². The average molecular weight is 188 g/mol. The molecular weight excluding hydrogens is 177 g/mol. The first-order valence-electron chi connectivity index (χ1n) is 3.73. The molecule has 0 aliphatic carbocycles. The van der Waals surface area contributed by atoms with E-state index in [1.54, 1.807) is 19.9 Å². The summed E-state index contributed by atoms with van der Waals surface area (Å²) in [5.41, 5.74) is 6.73. The first-order valence-corrected chi connectivity index (χ1v) is 4.11. The molecule has 66 valence electrons. The van der Waals surface area contributed by atoms with E-state index < -0.39 is 0 Å². The van der Waals surface area contributed by atoms with Crippen molar-refractivity contribution in [1.82, 2.24) is 0 Å². The van der Waals surface area contributed by atoms with Crippen LogP contribution in [0.25, 0.3) is 0 Å². The van der Waals surface area contributed by atoms with Crippen LogP contribution in [-0.2, 0) is 0 Å². The van der Waals surface area contributed by atoms with E-state index in [4.69, 9.17) is 17.3 Å². The van der Waals surface area contributed by atoms with Gasteiger partial charge in [0.25, 0.3) is 0 Å². The molecule has 1 nitrogen and oxygen atoms in total. The Morgan fingerprint density at radius 1 is 1.50 bits per heavy atom. The molecule has 0 fully saturated rings. The second kappa shape index (κ2) is 3.42. The van der Waals surface area contributed by atoms with Gasteiger partial charge in [-0.1, -0.05) is 11.6 Å². The van der Waals surface area contributed by atoms with Crippen molar-refractivity contribution in [2.75, 3.05) is 0 Å². The Bertz CT molecular complexity index is 297. The number of hydrogen-bond donors (Lipinski definition) is 1. The third kappa shape index (κ3) is 1.76. The van der Waals surface area contributed by atoms with E-state index in [1.807, 2.05) is 0 Å². The summed E-state index contributed by atoms with van der Waals surface area (Å²) in [5, 5.41) is 0.559. The molecule has 1 rings (SSSR count). The van der Waals surface area contributed by atoms with Crippen LogP contribution in [0, 0.1) is 12.7 Å². The van der Waals surface area contributed by atoms with Gasteiger partial charge in [0.05, 0.1) is 0 Å². The maximum atomic E-state index is 13.1. The van der Waals surface area contributed by atoms with E-state index in [0.29, 0.717) is 10.6 Å².